The highest BCUT2D eigenvalue weighted by molar-refractivity contribution is 9.10. The maximum Gasteiger partial charge on any atom is 0.175 e. The van der Waals surface area contributed by atoms with E-state index in [1.54, 1.807) is 0 Å². The quantitative estimate of drug-likeness (QED) is 0.708. The van der Waals surface area contributed by atoms with Crippen molar-refractivity contribution >= 4 is 15.9 Å². The highest BCUT2D eigenvalue weighted by Crippen LogP contribution is 2.37. The van der Waals surface area contributed by atoms with Gasteiger partial charge in [-0.25, -0.2) is 0 Å². The molecule has 1 aromatic carbocycles. The van der Waals surface area contributed by atoms with E-state index in [2.05, 4.69) is 21.2 Å². The molecule has 2 N–H and O–H groups in total. The number of ether oxygens (including phenoxy) is 2. The molecule has 0 saturated heterocycles. The van der Waals surface area contributed by atoms with Crippen molar-refractivity contribution in [3.8, 4) is 11.5 Å². The predicted octanol–water partition coefficient (Wildman–Crippen LogP) is 3.50. The molecule has 120 valence electrons. The number of halogens is 1. The smallest absolute Gasteiger partial charge is 0.175 e. The van der Waals surface area contributed by atoms with Crippen molar-refractivity contribution in [3.05, 3.63) is 22.2 Å². The van der Waals surface area contributed by atoms with E-state index in [1.807, 2.05) is 40.0 Å². The molecular formula is C16H26BrNO3. The summed E-state index contributed by atoms with van der Waals surface area (Å²) in [4.78, 5) is 0. The van der Waals surface area contributed by atoms with Gasteiger partial charge in [0.1, 0.15) is 6.61 Å². The van der Waals surface area contributed by atoms with Crippen LogP contribution in [0.3, 0.4) is 0 Å². The summed E-state index contributed by atoms with van der Waals surface area (Å²) in [7, 11) is 1.90. The molecule has 0 atom stereocenters. The highest BCUT2D eigenvalue weighted by Gasteiger charge is 2.24. The van der Waals surface area contributed by atoms with Gasteiger partial charge in [0.05, 0.1) is 16.7 Å². The fourth-order valence-electron chi connectivity index (χ4n) is 1.99. The third-order valence-electron chi connectivity index (χ3n) is 3.55. The molecule has 0 aromatic heterocycles. The fraction of sp³-hybridized carbons (Fsp3) is 0.625. The number of hydrogen-bond acceptors (Lipinski definition) is 4. The van der Waals surface area contributed by atoms with Gasteiger partial charge in [-0.3, -0.25) is 0 Å². The zero-order valence-corrected chi connectivity index (χ0v) is 14.9. The summed E-state index contributed by atoms with van der Waals surface area (Å²) in [6, 6.07) is 3.97. The number of hydrogen-bond donors (Lipinski definition) is 2. The SMILES string of the molecule is CCOc1cc(CNC)cc(Br)c1OCC(O)(CC)CC. The van der Waals surface area contributed by atoms with Crippen LogP contribution < -0.4 is 14.8 Å². The molecule has 0 heterocycles. The molecule has 1 rings (SSSR count). The molecule has 0 aliphatic carbocycles. The first-order valence-electron chi connectivity index (χ1n) is 7.44. The van der Waals surface area contributed by atoms with Crippen molar-refractivity contribution < 1.29 is 14.6 Å². The average Bonchev–Trinajstić information content (AvgIpc) is 2.47. The molecular weight excluding hydrogens is 334 g/mol. The first kappa shape index (κ1) is 18.3. The summed E-state index contributed by atoms with van der Waals surface area (Å²) in [6.45, 7) is 7.44. The fourth-order valence-corrected chi connectivity index (χ4v) is 2.60. The minimum Gasteiger partial charge on any atom is -0.490 e. The molecule has 21 heavy (non-hydrogen) atoms. The van der Waals surface area contributed by atoms with E-state index in [0.29, 0.717) is 30.9 Å². The minimum atomic E-state index is -0.799. The normalized spacial score (nSPS) is 11.5. The van der Waals surface area contributed by atoms with Crippen LogP contribution in [0.2, 0.25) is 0 Å². The molecule has 5 heteroatoms. The van der Waals surface area contributed by atoms with Crippen LogP contribution in [0.4, 0.5) is 0 Å². The molecule has 0 bridgehead atoms. The molecule has 0 saturated carbocycles. The first-order valence-corrected chi connectivity index (χ1v) is 8.23. The second kappa shape index (κ2) is 8.61. The Morgan fingerprint density at radius 1 is 1.19 bits per heavy atom. The Labute approximate surface area is 136 Å². The third kappa shape index (κ3) is 5.16. The van der Waals surface area contributed by atoms with Crippen LogP contribution in [0.1, 0.15) is 39.2 Å². The summed E-state index contributed by atoms with van der Waals surface area (Å²) in [5.41, 5.74) is 0.313. The monoisotopic (exact) mass is 359 g/mol. The lowest BCUT2D eigenvalue weighted by Gasteiger charge is -2.26. The summed E-state index contributed by atoms with van der Waals surface area (Å²) in [5, 5.41) is 13.5. The van der Waals surface area contributed by atoms with Crippen molar-refractivity contribution in [1.29, 1.82) is 0 Å². The Morgan fingerprint density at radius 3 is 2.38 bits per heavy atom. The van der Waals surface area contributed by atoms with Crippen LogP contribution in [0.25, 0.3) is 0 Å². The van der Waals surface area contributed by atoms with E-state index in [4.69, 9.17) is 9.47 Å². The Bertz CT molecular complexity index is 447. The molecule has 0 fully saturated rings. The minimum absolute atomic E-state index is 0.254. The zero-order valence-electron chi connectivity index (χ0n) is 13.3. The second-order valence-electron chi connectivity index (χ2n) is 5.09. The van der Waals surface area contributed by atoms with Crippen molar-refractivity contribution in [2.24, 2.45) is 0 Å². The molecule has 0 unspecified atom stereocenters. The van der Waals surface area contributed by atoms with Gasteiger partial charge in [-0.2, -0.15) is 0 Å². The topological polar surface area (TPSA) is 50.7 Å². The van der Waals surface area contributed by atoms with Gasteiger partial charge in [-0.15, -0.1) is 0 Å². The van der Waals surface area contributed by atoms with Gasteiger partial charge in [0, 0.05) is 6.54 Å². The Morgan fingerprint density at radius 2 is 1.86 bits per heavy atom. The predicted molar refractivity (Wildman–Crippen MR) is 89.1 cm³/mol. The van der Waals surface area contributed by atoms with Gasteiger partial charge in [-0.1, -0.05) is 13.8 Å². The lowest BCUT2D eigenvalue weighted by atomic mass is 9.99. The summed E-state index contributed by atoms with van der Waals surface area (Å²) < 4.78 is 12.4. The van der Waals surface area contributed by atoms with Gasteiger partial charge in [-0.05, 0) is 60.4 Å². The van der Waals surface area contributed by atoms with E-state index < -0.39 is 5.60 Å². The Balaban J connectivity index is 2.99. The molecule has 0 aliphatic rings. The van der Waals surface area contributed by atoms with E-state index >= 15 is 0 Å². The molecule has 0 amide bonds. The molecule has 0 radical (unpaired) electrons. The van der Waals surface area contributed by atoms with Crippen molar-refractivity contribution in [2.45, 2.75) is 45.8 Å². The van der Waals surface area contributed by atoms with E-state index in [1.165, 1.54) is 0 Å². The zero-order chi connectivity index (χ0) is 15.9. The summed E-state index contributed by atoms with van der Waals surface area (Å²) >= 11 is 3.54. The van der Waals surface area contributed by atoms with Gasteiger partial charge in [0.15, 0.2) is 11.5 Å². The van der Waals surface area contributed by atoms with Crippen LogP contribution in [-0.2, 0) is 6.54 Å². The first-order chi connectivity index (χ1) is 9.99. The van der Waals surface area contributed by atoms with Crippen LogP contribution in [0.15, 0.2) is 16.6 Å². The average molecular weight is 360 g/mol. The Hall–Kier alpha value is -0.780. The summed E-state index contributed by atoms with van der Waals surface area (Å²) in [6.07, 6.45) is 1.31. The maximum atomic E-state index is 10.3. The lowest BCUT2D eigenvalue weighted by molar-refractivity contribution is -0.0122. The van der Waals surface area contributed by atoms with Crippen LogP contribution in [0.5, 0.6) is 11.5 Å². The largest absolute Gasteiger partial charge is 0.490 e. The van der Waals surface area contributed by atoms with Gasteiger partial charge >= 0.3 is 0 Å². The van der Waals surface area contributed by atoms with Crippen LogP contribution in [-0.4, -0.2) is 31.0 Å². The van der Waals surface area contributed by atoms with E-state index in [-0.39, 0.29) is 6.61 Å². The van der Waals surface area contributed by atoms with Gasteiger partial charge < -0.3 is 19.9 Å². The standard InChI is InChI=1S/C16H26BrNO3/c1-5-16(19,6-2)11-21-15-13(17)8-12(10-18-4)9-14(15)20-7-3/h8-9,18-19H,5-7,10-11H2,1-4H3. The van der Waals surface area contributed by atoms with Crippen molar-refractivity contribution in [3.63, 3.8) is 0 Å². The van der Waals surface area contributed by atoms with Gasteiger partial charge in [0.2, 0.25) is 0 Å². The summed E-state index contributed by atoms with van der Waals surface area (Å²) in [5.74, 6) is 1.35. The molecule has 0 spiro atoms. The number of nitrogens with one attached hydrogen (secondary N) is 1. The van der Waals surface area contributed by atoms with Crippen LogP contribution in [0, 0.1) is 0 Å². The van der Waals surface area contributed by atoms with Crippen molar-refractivity contribution in [2.75, 3.05) is 20.3 Å². The van der Waals surface area contributed by atoms with E-state index in [9.17, 15) is 5.11 Å². The number of aliphatic hydroxyl groups is 1. The number of rotatable bonds is 9. The second-order valence-corrected chi connectivity index (χ2v) is 5.94. The van der Waals surface area contributed by atoms with Crippen molar-refractivity contribution in [1.82, 2.24) is 5.32 Å². The maximum absolute atomic E-state index is 10.3. The molecule has 0 aliphatic heterocycles. The van der Waals surface area contributed by atoms with Gasteiger partial charge in [0.25, 0.3) is 0 Å². The third-order valence-corrected chi connectivity index (χ3v) is 4.14. The lowest BCUT2D eigenvalue weighted by Crippen LogP contribution is -2.34. The molecule has 1 aromatic rings. The highest BCUT2D eigenvalue weighted by atomic mass is 79.9. The Kier molecular flexibility index (Phi) is 7.49. The van der Waals surface area contributed by atoms with Crippen LogP contribution >= 0.6 is 15.9 Å². The number of benzene rings is 1. The van der Waals surface area contributed by atoms with E-state index in [0.717, 1.165) is 16.6 Å². The molecule has 4 nitrogen and oxygen atoms in total.